The van der Waals surface area contributed by atoms with Crippen LogP contribution in [0.3, 0.4) is 0 Å². The van der Waals surface area contributed by atoms with Crippen molar-refractivity contribution in [3.63, 3.8) is 0 Å². The van der Waals surface area contributed by atoms with Gasteiger partial charge in [-0.1, -0.05) is 12.8 Å². The number of hydrogen-bond donors (Lipinski definition) is 2. The van der Waals surface area contributed by atoms with Crippen molar-refractivity contribution in [2.24, 2.45) is 0 Å². The molecule has 0 spiro atoms. The van der Waals surface area contributed by atoms with E-state index in [4.69, 9.17) is 4.74 Å². The predicted octanol–water partition coefficient (Wildman–Crippen LogP) is 2.60. The summed E-state index contributed by atoms with van der Waals surface area (Å²) in [5.74, 6) is 0.339. The number of carbonyl (C=O) groups is 1. The van der Waals surface area contributed by atoms with Gasteiger partial charge in [-0.25, -0.2) is 0 Å². The van der Waals surface area contributed by atoms with Gasteiger partial charge in [0.25, 0.3) is 5.91 Å². The van der Waals surface area contributed by atoms with E-state index in [1.807, 2.05) is 6.92 Å². The van der Waals surface area contributed by atoms with Crippen molar-refractivity contribution in [2.45, 2.75) is 38.6 Å². The van der Waals surface area contributed by atoms with Crippen molar-refractivity contribution in [1.29, 1.82) is 0 Å². The van der Waals surface area contributed by atoms with Crippen molar-refractivity contribution in [3.8, 4) is 5.75 Å². The van der Waals surface area contributed by atoms with Crippen molar-refractivity contribution in [1.82, 2.24) is 10.3 Å². The Hall–Kier alpha value is -2.30. The quantitative estimate of drug-likeness (QED) is 0.911. The molecule has 1 aliphatic carbocycles. The van der Waals surface area contributed by atoms with Gasteiger partial charge in [0.2, 0.25) is 5.43 Å². The second kappa shape index (κ2) is 6.22. The second-order valence-corrected chi connectivity index (χ2v) is 5.63. The molecule has 1 aromatic carbocycles. The van der Waals surface area contributed by atoms with Crippen LogP contribution in [-0.2, 0) is 0 Å². The first-order chi connectivity index (χ1) is 10.7. The number of rotatable bonds is 4. The Bertz CT molecular complexity index is 745. The van der Waals surface area contributed by atoms with Crippen molar-refractivity contribution in [3.05, 3.63) is 40.2 Å². The Morgan fingerprint density at radius 3 is 2.86 bits per heavy atom. The molecule has 0 saturated heterocycles. The largest absolute Gasteiger partial charge is 0.494 e. The standard InChI is InChI=1S/C17H20N2O3/c1-2-22-12-7-8-15-13(9-12)16(20)14(10-18-15)17(21)19-11-5-3-4-6-11/h7-11H,2-6H2,1H3,(H,18,20)(H,19,21). The van der Waals surface area contributed by atoms with Crippen LogP contribution < -0.4 is 15.5 Å². The van der Waals surface area contributed by atoms with E-state index >= 15 is 0 Å². The molecule has 116 valence electrons. The van der Waals surface area contributed by atoms with E-state index in [1.165, 1.54) is 6.20 Å². The minimum absolute atomic E-state index is 0.160. The normalized spacial score (nSPS) is 15.1. The van der Waals surface area contributed by atoms with E-state index in [9.17, 15) is 9.59 Å². The number of benzene rings is 1. The van der Waals surface area contributed by atoms with Crippen LogP contribution in [0.5, 0.6) is 5.75 Å². The first-order valence-electron chi connectivity index (χ1n) is 7.78. The van der Waals surface area contributed by atoms with Crippen molar-refractivity contribution < 1.29 is 9.53 Å². The Labute approximate surface area is 128 Å². The maximum atomic E-state index is 12.6. The molecular weight excluding hydrogens is 280 g/mol. The SMILES string of the molecule is CCOc1ccc2[nH]cc(C(=O)NC3CCCC3)c(=O)c2c1. The summed E-state index contributed by atoms with van der Waals surface area (Å²) < 4.78 is 5.42. The zero-order valence-electron chi connectivity index (χ0n) is 12.6. The topological polar surface area (TPSA) is 71.2 Å². The zero-order chi connectivity index (χ0) is 15.5. The molecule has 0 radical (unpaired) electrons. The first kappa shape index (κ1) is 14.6. The second-order valence-electron chi connectivity index (χ2n) is 5.63. The summed E-state index contributed by atoms with van der Waals surface area (Å²) in [7, 11) is 0. The minimum atomic E-state index is -0.295. The van der Waals surface area contributed by atoms with E-state index in [0.717, 1.165) is 25.7 Å². The monoisotopic (exact) mass is 300 g/mol. The highest BCUT2D eigenvalue weighted by molar-refractivity contribution is 5.97. The lowest BCUT2D eigenvalue weighted by molar-refractivity contribution is 0.0936. The van der Waals surface area contributed by atoms with Gasteiger partial charge in [0.15, 0.2) is 0 Å². The van der Waals surface area contributed by atoms with Gasteiger partial charge >= 0.3 is 0 Å². The van der Waals surface area contributed by atoms with Crippen LogP contribution in [0.4, 0.5) is 0 Å². The Balaban J connectivity index is 1.94. The maximum Gasteiger partial charge on any atom is 0.256 e. The molecule has 0 atom stereocenters. The summed E-state index contributed by atoms with van der Waals surface area (Å²) in [6, 6.07) is 5.47. The third-order valence-electron chi connectivity index (χ3n) is 4.10. The average molecular weight is 300 g/mol. The van der Waals surface area contributed by atoms with Gasteiger partial charge in [0.05, 0.1) is 6.61 Å². The Morgan fingerprint density at radius 2 is 2.14 bits per heavy atom. The highest BCUT2D eigenvalue weighted by Crippen LogP contribution is 2.19. The molecule has 1 aliphatic rings. The van der Waals surface area contributed by atoms with E-state index in [1.54, 1.807) is 18.2 Å². The van der Waals surface area contributed by atoms with Crippen LogP contribution >= 0.6 is 0 Å². The number of aromatic amines is 1. The lowest BCUT2D eigenvalue weighted by Crippen LogP contribution is -2.35. The number of fused-ring (bicyclic) bond motifs is 1. The van der Waals surface area contributed by atoms with E-state index in [-0.39, 0.29) is 22.9 Å². The van der Waals surface area contributed by atoms with Gasteiger partial charge in [0, 0.05) is 23.1 Å². The molecule has 2 N–H and O–H groups in total. The van der Waals surface area contributed by atoms with Gasteiger partial charge in [0.1, 0.15) is 11.3 Å². The van der Waals surface area contributed by atoms with E-state index in [0.29, 0.717) is 23.3 Å². The van der Waals surface area contributed by atoms with Gasteiger partial charge < -0.3 is 15.0 Å². The molecule has 1 fully saturated rings. The highest BCUT2D eigenvalue weighted by atomic mass is 16.5. The van der Waals surface area contributed by atoms with E-state index in [2.05, 4.69) is 10.3 Å². The first-order valence-corrected chi connectivity index (χ1v) is 7.78. The fraction of sp³-hybridized carbons (Fsp3) is 0.412. The number of hydrogen-bond acceptors (Lipinski definition) is 3. The van der Waals surface area contributed by atoms with Crippen molar-refractivity contribution >= 4 is 16.8 Å². The van der Waals surface area contributed by atoms with Crippen LogP contribution in [0.15, 0.2) is 29.2 Å². The molecule has 0 unspecified atom stereocenters. The van der Waals surface area contributed by atoms with Crippen LogP contribution in [0.1, 0.15) is 43.0 Å². The summed E-state index contributed by atoms with van der Waals surface area (Å²) in [4.78, 5) is 27.9. The molecule has 1 saturated carbocycles. The molecule has 0 bridgehead atoms. The minimum Gasteiger partial charge on any atom is -0.494 e. The summed E-state index contributed by atoms with van der Waals surface area (Å²) in [6.45, 7) is 2.42. The van der Waals surface area contributed by atoms with Crippen LogP contribution in [0, 0.1) is 0 Å². The number of ether oxygens (including phenoxy) is 1. The Morgan fingerprint density at radius 1 is 1.36 bits per heavy atom. The summed E-state index contributed by atoms with van der Waals surface area (Å²) in [5.41, 5.74) is 0.602. The number of H-pyrrole nitrogens is 1. The van der Waals surface area contributed by atoms with E-state index < -0.39 is 0 Å². The smallest absolute Gasteiger partial charge is 0.256 e. The van der Waals surface area contributed by atoms with Crippen LogP contribution in [0.25, 0.3) is 10.9 Å². The van der Waals surface area contributed by atoms with Crippen LogP contribution in [-0.4, -0.2) is 23.5 Å². The molecule has 5 nitrogen and oxygen atoms in total. The molecule has 1 amide bonds. The molecule has 2 aromatic rings. The molecule has 22 heavy (non-hydrogen) atoms. The summed E-state index contributed by atoms with van der Waals surface area (Å²) >= 11 is 0. The molecule has 1 aromatic heterocycles. The van der Waals surface area contributed by atoms with Crippen LogP contribution in [0.2, 0.25) is 0 Å². The number of pyridine rings is 1. The number of carbonyl (C=O) groups excluding carboxylic acids is 1. The maximum absolute atomic E-state index is 12.6. The summed E-state index contributed by atoms with van der Waals surface area (Å²) in [6.07, 6.45) is 5.75. The number of amides is 1. The molecular formula is C17H20N2O3. The highest BCUT2D eigenvalue weighted by Gasteiger charge is 2.20. The zero-order valence-corrected chi connectivity index (χ0v) is 12.6. The Kier molecular flexibility index (Phi) is 4.13. The predicted molar refractivity (Wildman–Crippen MR) is 85.5 cm³/mol. The lowest BCUT2D eigenvalue weighted by Gasteiger charge is -2.12. The van der Waals surface area contributed by atoms with Gasteiger partial charge in [-0.3, -0.25) is 9.59 Å². The fourth-order valence-electron chi connectivity index (χ4n) is 2.96. The molecule has 5 heteroatoms. The lowest BCUT2D eigenvalue weighted by atomic mass is 10.1. The van der Waals surface area contributed by atoms with Crippen molar-refractivity contribution in [2.75, 3.05) is 6.61 Å². The average Bonchev–Trinajstić information content (AvgIpc) is 3.01. The van der Waals surface area contributed by atoms with Gasteiger partial charge in [-0.15, -0.1) is 0 Å². The number of aromatic nitrogens is 1. The number of nitrogens with one attached hydrogen (secondary N) is 2. The molecule has 1 heterocycles. The molecule has 0 aliphatic heterocycles. The van der Waals surface area contributed by atoms with Gasteiger partial charge in [-0.2, -0.15) is 0 Å². The third kappa shape index (κ3) is 2.84. The summed E-state index contributed by atoms with van der Waals surface area (Å²) in [5, 5.41) is 3.43. The molecule has 3 rings (SSSR count). The third-order valence-corrected chi connectivity index (χ3v) is 4.10. The van der Waals surface area contributed by atoms with Gasteiger partial charge in [-0.05, 0) is 38.0 Å². The fourth-order valence-corrected chi connectivity index (χ4v) is 2.96.